The predicted octanol–water partition coefficient (Wildman–Crippen LogP) is 3.47. The molecule has 22 heavy (non-hydrogen) atoms. The second kappa shape index (κ2) is 6.29. The van der Waals surface area contributed by atoms with Crippen molar-refractivity contribution in [1.82, 2.24) is 5.32 Å². The lowest BCUT2D eigenvalue weighted by Gasteiger charge is -2.38. The van der Waals surface area contributed by atoms with Crippen molar-refractivity contribution in [1.29, 1.82) is 0 Å². The molecule has 1 aliphatic heterocycles. The molecule has 0 fully saturated rings. The summed E-state index contributed by atoms with van der Waals surface area (Å²) in [5.41, 5.74) is 7.79. The third kappa shape index (κ3) is 3.61. The van der Waals surface area contributed by atoms with Crippen molar-refractivity contribution in [3.05, 3.63) is 29.3 Å². The van der Waals surface area contributed by atoms with Crippen molar-refractivity contribution >= 4 is 5.91 Å². The number of carbonyl (C=O) groups is 1. The number of carbonyl (C=O) groups excluding carboxylic acids is 1. The van der Waals surface area contributed by atoms with Crippen LogP contribution in [0.1, 0.15) is 70.7 Å². The topological polar surface area (TPSA) is 64.3 Å². The lowest BCUT2D eigenvalue weighted by molar-refractivity contribution is -0.125. The lowest BCUT2D eigenvalue weighted by Crippen LogP contribution is -2.42. The van der Waals surface area contributed by atoms with Crippen LogP contribution < -0.4 is 15.8 Å². The minimum absolute atomic E-state index is 0.0195. The van der Waals surface area contributed by atoms with Crippen molar-refractivity contribution in [2.45, 2.75) is 65.1 Å². The largest absolute Gasteiger partial charge is 0.487 e. The zero-order chi connectivity index (χ0) is 16.5. The fraction of sp³-hybridized carbons (Fsp3) is 0.611. The molecule has 122 valence electrons. The van der Waals surface area contributed by atoms with Gasteiger partial charge >= 0.3 is 0 Å². The molecule has 1 aromatic rings. The molecule has 0 aliphatic carbocycles. The van der Waals surface area contributed by atoms with Crippen LogP contribution in [0.25, 0.3) is 0 Å². The Hall–Kier alpha value is -1.55. The van der Waals surface area contributed by atoms with E-state index in [-0.39, 0.29) is 29.5 Å². The molecule has 0 bridgehead atoms. The molecule has 0 aromatic heterocycles. The first kappa shape index (κ1) is 16.8. The fourth-order valence-electron chi connectivity index (χ4n) is 2.78. The third-order valence-corrected chi connectivity index (χ3v) is 4.39. The van der Waals surface area contributed by atoms with Crippen LogP contribution in [-0.2, 0) is 4.79 Å². The Morgan fingerprint density at radius 2 is 2.14 bits per heavy atom. The molecule has 0 spiro atoms. The summed E-state index contributed by atoms with van der Waals surface area (Å²) in [5, 5.41) is 3.19. The van der Waals surface area contributed by atoms with Gasteiger partial charge in [0.1, 0.15) is 11.4 Å². The minimum Gasteiger partial charge on any atom is -0.487 e. The van der Waals surface area contributed by atoms with E-state index in [1.165, 1.54) is 0 Å². The highest BCUT2D eigenvalue weighted by molar-refractivity contribution is 5.78. The summed E-state index contributed by atoms with van der Waals surface area (Å²) < 4.78 is 6.06. The maximum absolute atomic E-state index is 12.3. The number of hydrogen-bond donors (Lipinski definition) is 2. The van der Waals surface area contributed by atoms with Crippen LogP contribution in [0.5, 0.6) is 5.75 Å². The molecule has 4 heteroatoms. The third-order valence-electron chi connectivity index (χ3n) is 4.39. The Morgan fingerprint density at radius 3 is 2.73 bits per heavy atom. The summed E-state index contributed by atoms with van der Waals surface area (Å²) in [5.74, 6) is 0.962. The van der Waals surface area contributed by atoms with Crippen LogP contribution in [0.2, 0.25) is 0 Å². The zero-order valence-corrected chi connectivity index (χ0v) is 14.3. The molecule has 0 radical (unpaired) electrons. The van der Waals surface area contributed by atoms with E-state index in [4.69, 9.17) is 10.5 Å². The average Bonchev–Trinajstić information content (AvgIpc) is 2.44. The van der Waals surface area contributed by atoms with Crippen LogP contribution in [0, 0.1) is 5.92 Å². The first-order chi connectivity index (χ1) is 10.2. The molecule has 1 aliphatic rings. The van der Waals surface area contributed by atoms with E-state index in [0.29, 0.717) is 0 Å². The Bertz CT molecular complexity index is 552. The Morgan fingerprint density at radius 1 is 1.45 bits per heavy atom. The number of fused-ring (bicyclic) bond motifs is 1. The van der Waals surface area contributed by atoms with Gasteiger partial charge in [-0.25, -0.2) is 0 Å². The highest BCUT2D eigenvalue weighted by atomic mass is 16.5. The summed E-state index contributed by atoms with van der Waals surface area (Å²) in [6, 6.07) is 5.97. The molecule has 0 saturated carbocycles. The normalized spacial score (nSPS) is 22.2. The van der Waals surface area contributed by atoms with Crippen LogP contribution in [0.15, 0.2) is 18.2 Å². The van der Waals surface area contributed by atoms with Crippen molar-refractivity contribution in [2.75, 3.05) is 0 Å². The lowest BCUT2D eigenvalue weighted by atomic mass is 9.88. The number of nitrogens with one attached hydrogen (secondary N) is 1. The van der Waals surface area contributed by atoms with Gasteiger partial charge in [-0.2, -0.15) is 0 Å². The molecule has 3 unspecified atom stereocenters. The smallest absolute Gasteiger partial charge is 0.223 e. The van der Waals surface area contributed by atoms with Crippen molar-refractivity contribution in [3.63, 3.8) is 0 Å². The van der Waals surface area contributed by atoms with Crippen molar-refractivity contribution < 1.29 is 9.53 Å². The van der Waals surface area contributed by atoms with E-state index in [1.54, 1.807) is 0 Å². The second-order valence-electron chi connectivity index (χ2n) is 7.02. The van der Waals surface area contributed by atoms with E-state index in [0.717, 1.165) is 29.7 Å². The molecule has 2 rings (SSSR count). The van der Waals surface area contributed by atoms with Gasteiger partial charge in [0.05, 0.1) is 6.04 Å². The van der Waals surface area contributed by atoms with Gasteiger partial charge in [-0.15, -0.1) is 0 Å². The highest BCUT2D eigenvalue weighted by Gasteiger charge is 2.35. The number of nitrogens with two attached hydrogens (primary N) is 1. The molecule has 1 aromatic carbocycles. The van der Waals surface area contributed by atoms with Crippen LogP contribution >= 0.6 is 0 Å². The summed E-state index contributed by atoms with van der Waals surface area (Å²) >= 11 is 0. The van der Waals surface area contributed by atoms with Gasteiger partial charge in [0.2, 0.25) is 5.91 Å². The number of ether oxygens (including phenoxy) is 1. The predicted molar refractivity (Wildman–Crippen MR) is 88.7 cm³/mol. The van der Waals surface area contributed by atoms with Crippen molar-refractivity contribution in [2.24, 2.45) is 11.7 Å². The molecule has 3 atom stereocenters. The average molecular weight is 304 g/mol. The highest BCUT2D eigenvalue weighted by Crippen LogP contribution is 2.40. The van der Waals surface area contributed by atoms with Gasteiger partial charge in [0, 0.05) is 23.9 Å². The quantitative estimate of drug-likeness (QED) is 0.895. The molecule has 1 heterocycles. The van der Waals surface area contributed by atoms with Crippen LogP contribution in [0.3, 0.4) is 0 Å². The summed E-state index contributed by atoms with van der Waals surface area (Å²) in [4.78, 5) is 12.3. The van der Waals surface area contributed by atoms with Gasteiger partial charge in [0.15, 0.2) is 0 Å². The van der Waals surface area contributed by atoms with Gasteiger partial charge in [-0.05, 0) is 44.9 Å². The van der Waals surface area contributed by atoms with E-state index < -0.39 is 0 Å². The monoisotopic (exact) mass is 304 g/mol. The number of benzene rings is 1. The van der Waals surface area contributed by atoms with E-state index >= 15 is 0 Å². The van der Waals surface area contributed by atoms with E-state index in [9.17, 15) is 4.79 Å². The number of amides is 1. The van der Waals surface area contributed by atoms with Crippen LogP contribution in [0.4, 0.5) is 0 Å². The van der Waals surface area contributed by atoms with Gasteiger partial charge < -0.3 is 15.8 Å². The zero-order valence-electron chi connectivity index (χ0n) is 14.3. The maximum Gasteiger partial charge on any atom is 0.223 e. The Labute approximate surface area is 133 Å². The molecular weight excluding hydrogens is 276 g/mol. The Kier molecular flexibility index (Phi) is 4.81. The van der Waals surface area contributed by atoms with Gasteiger partial charge in [-0.3, -0.25) is 4.79 Å². The Balaban J connectivity index is 2.34. The minimum atomic E-state index is -0.295. The standard InChI is InChI=1S/C18H28N2O2/c1-6-11(2)17(21)20-15-10-18(4,5)22-16-8-7-13(12(3)19)9-14(15)16/h7-9,11-12,15H,6,10,19H2,1-5H3,(H,20,21). The second-order valence-corrected chi connectivity index (χ2v) is 7.02. The number of hydrogen-bond acceptors (Lipinski definition) is 3. The summed E-state index contributed by atoms with van der Waals surface area (Å²) in [6.07, 6.45) is 1.59. The summed E-state index contributed by atoms with van der Waals surface area (Å²) in [6.45, 7) is 10.1. The first-order valence-corrected chi connectivity index (χ1v) is 8.12. The maximum atomic E-state index is 12.3. The molecule has 4 nitrogen and oxygen atoms in total. The SMILES string of the molecule is CCC(C)C(=O)NC1CC(C)(C)Oc2ccc(C(C)N)cc21. The number of rotatable bonds is 4. The van der Waals surface area contributed by atoms with Crippen molar-refractivity contribution in [3.8, 4) is 5.75 Å². The molecule has 3 N–H and O–H groups in total. The summed E-state index contributed by atoms with van der Waals surface area (Å²) in [7, 11) is 0. The fourth-order valence-corrected chi connectivity index (χ4v) is 2.78. The van der Waals surface area contributed by atoms with E-state index in [1.807, 2.05) is 32.9 Å². The first-order valence-electron chi connectivity index (χ1n) is 8.12. The van der Waals surface area contributed by atoms with Gasteiger partial charge in [-0.1, -0.05) is 19.9 Å². The molecular formula is C18H28N2O2. The molecule has 1 amide bonds. The molecule has 0 saturated heterocycles. The van der Waals surface area contributed by atoms with Gasteiger partial charge in [0.25, 0.3) is 0 Å². The van der Waals surface area contributed by atoms with E-state index in [2.05, 4.69) is 25.2 Å². The van der Waals surface area contributed by atoms with Crippen LogP contribution in [-0.4, -0.2) is 11.5 Å².